The van der Waals surface area contributed by atoms with E-state index in [9.17, 15) is 22.8 Å². The highest BCUT2D eigenvalue weighted by Crippen LogP contribution is 2.27. The summed E-state index contributed by atoms with van der Waals surface area (Å²) in [5, 5.41) is 0.687. The van der Waals surface area contributed by atoms with Gasteiger partial charge in [-0.3, -0.25) is 14.1 Å². The molecule has 0 radical (unpaired) electrons. The number of hydrogen-bond acceptors (Lipinski definition) is 7. The summed E-state index contributed by atoms with van der Waals surface area (Å²) in [5.74, 6) is -2.98. The first-order chi connectivity index (χ1) is 18.3. The average Bonchev–Trinajstić information content (AvgIpc) is 3.18. The molecule has 4 rings (SSSR count). The molecule has 1 atom stereocenters. The number of unbranched alkanes of at least 4 members (excludes halogenated alkanes) is 7. The first-order valence-corrected chi connectivity index (χ1v) is 14.6. The maximum Gasteiger partial charge on any atom is 0.333 e. The Morgan fingerprint density at radius 1 is 0.868 bits per heavy atom. The molecule has 1 unspecified atom stereocenters. The molecule has 1 aliphatic heterocycles. The van der Waals surface area contributed by atoms with Gasteiger partial charge in [0.15, 0.2) is 5.25 Å². The van der Waals surface area contributed by atoms with Gasteiger partial charge in [0.05, 0.1) is 17.5 Å². The summed E-state index contributed by atoms with van der Waals surface area (Å²) >= 11 is 0. The van der Waals surface area contributed by atoms with E-state index >= 15 is 0 Å². The van der Waals surface area contributed by atoms with Crippen molar-refractivity contribution in [3.8, 4) is 0 Å². The number of fused-ring (bicyclic) bond motifs is 2. The number of benzene rings is 2. The van der Waals surface area contributed by atoms with Gasteiger partial charge in [-0.05, 0) is 37.0 Å². The number of hydrogen-bond donors (Lipinski definition) is 1. The zero-order valence-corrected chi connectivity index (χ0v) is 22.0. The van der Waals surface area contributed by atoms with E-state index in [0.29, 0.717) is 6.42 Å². The fourth-order valence-electron chi connectivity index (χ4n) is 4.89. The van der Waals surface area contributed by atoms with Crippen molar-refractivity contribution in [1.29, 1.82) is 0 Å². The van der Waals surface area contributed by atoms with Gasteiger partial charge in [-0.25, -0.2) is 9.78 Å². The summed E-state index contributed by atoms with van der Waals surface area (Å²) < 4.78 is 31.3. The van der Waals surface area contributed by atoms with Crippen LogP contribution < -0.4 is 0 Å². The molecule has 2 heterocycles. The molecule has 1 saturated heterocycles. The number of carbonyl (C=O) groups excluding carboxylic acids is 3. The van der Waals surface area contributed by atoms with Crippen LogP contribution in [0, 0.1) is 0 Å². The molecule has 0 aliphatic carbocycles. The summed E-state index contributed by atoms with van der Waals surface area (Å²) in [5.41, 5.74) is 3.43. The zero-order valence-electron chi connectivity index (χ0n) is 21.2. The lowest BCUT2D eigenvalue weighted by atomic mass is 9.97. The van der Waals surface area contributed by atoms with Crippen LogP contribution in [0.5, 0.6) is 0 Å². The SMILES string of the molecule is O=C(CCCCCCCCCCc1c2ccccc2nc2ccccc12)ON1C(=O)CC(S(=O)(=O)O)C1=O. The van der Waals surface area contributed by atoms with Crippen molar-refractivity contribution in [2.75, 3.05) is 0 Å². The predicted octanol–water partition coefficient (Wildman–Crippen LogP) is 4.91. The van der Waals surface area contributed by atoms with Gasteiger partial charge >= 0.3 is 5.97 Å². The first kappa shape index (κ1) is 27.7. The lowest BCUT2D eigenvalue weighted by Gasteiger charge is -2.13. The minimum Gasteiger partial charge on any atom is -0.330 e. The molecule has 1 N–H and O–H groups in total. The maximum atomic E-state index is 11.9. The summed E-state index contributed by atoms with van der Waals surface area (Å²) in [7, 11) is -4.73. The van der Waals surface area contributed by atoms with Gasteiger partial charge in [-0.15, -0.1) is 5.06 Å². The van der Waals surface area contributed by atoms with Crippen LogP contribution >= 0.6 is 0 Å². The Morgan fingerprint density at radius 3 is 1.95 bits per heavy atom. The van der Waals surface area contributed by atoms with Crippen molar-refractivity contribution >= 4 is 49.7 Å². The molecule has 2 aromatic carbocycles. The number of pyridine rings is 1. The quantitative estimate of drug-likeness (QED) is 0.140. The van der Waals surface area contributed by atoms with E-state index in [1.54, 1.807) is 0 Å². The van der Waals surface area contributed by atoms with Crippen LogP contribution in [-0.4, -0.2) is 46.1 Å². The van der Waals surface area contributed by atoms with Crippen molar-refractivity contribution in [2.45, 2.75) is 75.9 Å². The second-order valence-corrected chi connectivity index (χ2v) is 11.2. The van der Waals surface area contributed by atoms with Crippen molar-refractivity contribution < 1.29 is 32.2 Å². The molecular formula is C28H32N2O7S. The van der Waals surface area contributed by atoms with Crippen LogP contribution in [0.25, 0.3) is 21.8 Å². The lowest BCUT2D eigenvalue weighted by Crippen LogP contribution is -2.36. The number of imide groups is 1. The third-order valence-corrected chi connectivity index (χ3v) is 7.96. The van der Waals surface area contributed by atoms with Crippen molar-refractivity contribution in [3.63, 3.8) is 0 Å². The number of rotatable bonds is 13. The van der Waals surface area contributed by atoms with E-state index in [1.807, 2.05) is 12.1 Å². The molecule has 1 aromatic heterocycles. The highest BCUT2D eigenvalue weighted by molar-refractivity contribution is 7.87. The van der Waals surface area contributed by atoms with E-state index in [-0.39, 0.29) is 11.5 Å². The average molecular weight is 541 g/mol. The van der Waals surface area contributed by atoms with Crippen LogP contribution in [0.1, 0.15) is 69.8 Å². The normalized spacial score (nSPS) is 16.0. The second-order valence-electron chi connectivity index (χ2n) is 9.65. The fourth-order valence-corrected chi connectivity index (χ4v) is 5.59. The maximum absolute atomic E-state index is 11.9. The van der Waals surface area contributed by atoms with E-state index in [4.69, 9.17) is 14.4 Å². The number of aryl methyl sites for hydroxylation is 1. The minimum absolute atomic E-state index is 0.0153. The molecule has 202 valence electrons. The summed E-state index contributed by atoms with van der Waals surface area (Å²) in [6, 6.07) is 16.6. The molecule has 10 heteroatoms. The largest absolute Gasteiger partial charge is 0.333 e. The van der Waals surface area contributed by atoms with Gasteiger partial charge < -0.3 is 4.84 Å². The standard InChI is InChI=1S/C28H32N2O7S/c31-26-19-25(38(34,35)36)28(33)30(26)37-27(32)18-8-6-4-2-1-3-5-7-13-20-21-14-9-11-16-23(21)29-24-17-12-10-15-22(20)24/h9-12,14-17,25H,1-8,13,18-19H2,(H,34,35,36). The number of nitrogens with zero attached hydrogens (tertiary/aromatic N) is 2. The monoisotopic (exact) mass is 540 g/mol. The molecule has 1 fully saturated rings. The van der Waals surface area contributed by atoms with Crippen LogP contribution in [-0.2, 0) is 35.8 Å². The van der Waals surface area contributed by atoms with Gasteiger partial charge in [0.2, 0.25) is 0 Å². The zero-order chi connectivity index (χ0) is 27.1. The Morgan fingerprint density at radius 2 is 1.39 bits per heavy atom. The third kappa shape index (κ3) is 6.73. The van der Waals surface area contributed by atoms with Crippen LogP contribution in [0.15, 0.2) is 48.5 Å². The number of aromatic nitrogens is 1. The van der Waals surface area contributed by atoms with E-state index < -0.39 is 39.6 Å². The summed E-state index contributed by atoms with van der Waals surface area (Å²) in [6.07, 6.45) is 8.14. The Balaban J connectivity index is 1.10. The van der Waals surface area contributed by atoms with Gasteiger partial charge in [0.25, 0.3) is 21.9 Å². The Bertz CT molecular complexity index is 1380. The van der Waals surface area contributed by atoms with Crippen molar-refractivity contribution in [2.24, 2.45) is 0 Å². The Hall–Kier alpha value is -3.37. The molecule has 1 aliphatic rings. The molecule has 9 nitrogen and oxygen atoms in total. The summed E-state index contributed by atoms with van der Waals surface area (Å²) in [6.45, 7) is 0. The third-order valence-electron chi connectivity index (χ3n) is 6.87. The number of amides is 2. The van der Waals surface area contributed by atoms with Crippen molar-refractivity contribution in [1.82, 2.24) is 10.0 Å². The number of carbonyl (C=O) groups is 3. The molecular weight excluding hydrogens is 508 g/mol. The first-order valence-electron chi connectivity index (χ1n) is 13.1. The Kier molecular flexibility index (Phi) is 9.06. The molecule has 0 saturated carbocycles. The second kappa shape index (κ2) is 12.4. The van der Waals surface area contributed by atoms with E-state index in [2.05, 4.69) is 36.4 Å². The number of hydroxylamine groups is 2. The van der Waals surface area contributed by atoms with Gasteiger partial charge in [0.1, 0.15) is 0 Å². The van der Waals surface area contributed by atoms with Crippen LogP contribution in [0.3, 0.4) is 0 Å². The van der Waals surface area contributed by atoms with Crippen LogP contribution in [0.4, 0.5) is 0 Å². The molecule has 0 bridgehead atoms. The number of para-hydroxylation sites is 2. The van der Waals surface area contributed by atoms with Gasteiger partial charge in [0, 0.05) is 17.2 Å². The molecule has 3 aromatic rings. The van der Waals surface area contributed by atoms with Gasteiger partial charge in [-0.2, -0.15) is 8.42 Å². The van der Waals surface area contributed by atoms with Gasteiger partial charge in [-0.1, -0.05) is 74.9 Å². The fraction of sp³-hybridized carbons (Fsp3) is 0.429. The smallest absolute Gasteiger partial charge is 0.330 e. The highest BCUT2D eigenvalue weighted by atomic mass is 32.2. The molecule has 38 heavy (non-hydrogen) atoms. The predicted molar refractivity (Wildman–Crippen MR) is 142 cm³/mol. The van der Waals surface area contributed by atoms with E-state index in [1.165, 1.54) is 16.3 Å². The van der Waals surface area contributed by atoms with Crippen LogP contribution in [0.2, 0.25) is 0 Å². The summed E-state index contributed by atoms with van der Waals surface area (Å²) in [4.78, 5) is 45.1. The Labute approximate surface area is 221 Å². The molecule has 0 spiro atoms. The minimum atomic E-state index is -4.73. The highest BCUT2D eigenvalue weighted by Gasteiger charge is 2.48. The van der Waals surface area contributed by atoms with Crippen molar-refractivity contribution in [3.05, 3.63) is 54.1 Å². The molecule has 2 amide bonds. The topological polar surface area (TPSA) is 131 Å². The van der Waals surface area contributed by atoms with E-state index in [0.717, 1.165) is 62.4 Å². The lowest BCUT2D eigenvalue weighted by molar-refractivity contribution is -0.197.